The van der Waals surface area contributed by atoms with Crippen LogP contribution in [0.5, 0.6) is 0 Å². The van der Waals surface area contributed by atoms with Crippen molar-refractivity contribution in [3.63, 3.8) is 0 Å². The molecule has 0 N–H and O–H groups in total. The highest BCUT2D eigenvalue weighted by Gasteiger charge is 2.12. The minimum atomic E-state index is -0.0661. The highest BCUT2D eigenvalue weighted by Crippen LogP contribution is 2.23. The average Bonchev–Trinajstić information content (AvgIpc) is 3.13. The number of aromatic nitrogens is 4. The van der Waals surface area contributed by atoms with Gasteiger partial charge < -0.3 is 4.42 Å². The molecule has 124 valence electrons. The lowest BCUT2D eigenvalue weighted by Crippen LogP contribution is -2.19. The zero-order chi connectivity index (χ0) is 17.2. The molecule has 0 fully saturated rings. The van der Waals surface area contributed by atoms with E-state index in [-0.39, 0.29) is 5.56 Å². The molecule has 0 spiro atoms. The minimum Gasteiger partial charge on any atom is -0.420 e. The number of nitrogens with zero attached hydrogens (tertiary/aromatic N) is 4. The van der Waals surface area contributed by atoms with Crippen LogP contribution in [0.25, 0.3) is 22.4 Å². The molecule has 4 rings (SSSR count). The fraction of sp³-hybridized carbons (Fsp3) is 0.111. The van der Waals surface area contributed by atoms with Gasteiger partial charge in [-0.25, -0.2) is 4.98 Å². The molecule has 0 amide bonds. The molecule has 0 saturated heterocycles. The highest BCUT2D eigenvalue weighted by atomic mass is 32.2. The summed E-state index contributed by atoms with van der Waals surface area (Å²) < 4.78 is 7.23. The molecule has 25 heavy (non-hydrogen) atoms. The predicted molar refractivity (Wildman–Crippen MR) is 96.3 cm³/mol. The molecule has 0 aliphatic rings. The van der Waals surface area contributed by atoms with Crippen LogP contribution in [0.3, 0.4) is 0 Å². The summed E-state index contributed by atoms with van der Waals surface area (Å²) >= 11 is 1.39. The van der Waals surface area contributed by atoms with Crippen molar-refractivity contribution in [2.75, 3.05) is 0 Å². The van der Waals surface area contributed by atoms with Crippen molar-refractivity contribution in [3.8, 4) is 11.5 Å². The molecular formula is C18H14N4O2S. The maximum absolute atomic E-state index is 12.4. The van der Waals surface area contributed by atoms with E-state index in [1.165, 1.54) is 11.8 Å². The summed E-state index contributed by atoms with van der Waals surface area (Å²) in [5.41, 5.74) is 1.50. The molecule has 0 aliphatic heterocycles. The first-order chi connectivity index (χ1) is 12.2. The molecular weight excluding hydrogens is 336 g/mol. The molecule has 0 aliphatic carbocycles. The number of hydrogen-bond acceptors (Lipinski definition) is 6. The van der Waals surface area contributed by atoms with E-state index >= 15 is 0 Å². The first-order valence-corrected chi connectivity index (χ1v) is 8.67. The average molecular weight is 350 g/mol. The second kappa shape index (κ2) is 6.52. The van der Waals surface area contributed by atoms with Gasteiger partial charge in [0.15, 0.2) is 5.16 Å². The van der Waals surface area contributed by atoms with Crippen LogP contribution >= 0.6 is 11.8 Å². The summed E-state index contributed by atoms with van der Waals surface area (Å²) in [5, 5.41) is 9.36. The van der Waals surface area contributed by atoms with Crippen molar-refractivity contribution in [1.29, 1.82) is 0 Å². The molecule has 6 nitrogen and oxygen atoms in total. The number of fused-ring (bicyclic) bond motifs is 1. The third-order valence-electron chi connectivity index (χ3n) is 3.75. The topological polar surface area (TPSA) is 73.8 Å². The lowest BCUT2D eigenvalue weighted by atomic mass is 10.2. The monoisotopic (exact) mass is 350 g/mol. The lowest BCUT2D eigenvalue weighted by molar-refractivity contribution is 0.528. The Hall–Kier alpha value is -2.93. The van der Waals surface area contributed by atoms with Gasteiger partial charge in [0.05, 0.1) is 16.7 Å². The fourth-order valence-corrected chi connectivity index (χ4v) is 3.27. The van der Waals surface area contributed by atoms with Crippen LogP contribution in [-0.2, 0) is 12.8 Å². The molecule has 0 radical (unpaired) electrons. The quantitative estimate of drug-likeness (QED) is 0.415. The van der Waals surface area contributed by atoms with E-state index in [2.05, 4.69) is 15.2 Å². The van der Waals surface area contributed by atoms with E-state index in [0.717, 1.165) is 5.56 Å². The van der Waals surface area contributed by atoms with Crippen molar-refractivity contribution < 1.29 is 4.42 Å². The van der Waals surface area contributed by atoms with Crippen LogP contribution < -0.4 is 5.56 Å². The fourth-order valence-electron chi connectivity index (χ4n) is 2.46. The van der Waals surface area contributed by atoms with Gasteiger partial charge in [-0.05, 0) is 24.3 Å². The number of thioether (sulfide) groups is 1. The third kappa shape index (κ3) is 3.06. The normalized spacial score (nSPS) is 11.1. The van der Waals surface area contributed by atoms with Gasteiger partial charge in [-0.3, -0.25) is 9.36 Å². The molecule has 0 unspecified atom stereocenters. The standard InChI is InChI=1S/C18H14N4O2S/c1-22-17(23)13-9-5-6-10-14(13)19-18(22)25-11-15-20-21-16(24-15)12-7-3-2-4-8-12/h2-10H,11H2,1H3. The van der Waals surface area contributed by atoms with Crippen LogP contribution in [0.15, 0.2) is 69.0 Å². The van der Waals surface area contributed by atoms with E-state index in [4.69, 9.17) is 4.42 Å². The lowest BCUT2D eigenvalue weighted by Gasteiger charge is -2.07. The summed E-state index contributed by atoms with van der Waals surface area (Å²) in [6.07, 6.45) is 0. The molecule has 2 heterocycles. The zero-order valence-electron chi connectivity index (χ0n) is 13.4. The molecule has 4 aromatic rings. The molecule has 0 saturated carbocycles. The first kappa shape index (κ1) is 15.6. The van der Waals surface area contributed by atoms with Gasteiger partial charge in [0.25, 0.3) is 5.56 Å². The Morgan fingerprint density at radius 2 is 1.80 bits per heavy atom. The smallest absolute Gasteiger partial charge is 0.261 e. The largest absolute Gasteiger partial charge is 0.420 e. The summed E-state index contributed by atoms with van der Waals surface area (Å²) in [6, 6.07) is 16.9. The Balaban J connectivity index is 1.58. The number of hydrogen-bond donors (Lipinski definition) is 0. The Labute approximate surface area is 147 Å². The molecule has 0 bridgehead atoms. The second-order valence-corrected chi connectivity index (χ2v) is 6.37. The summed E-state index contributed by atoms with van der Waals surface area (Å²) in [7, 11) is 1.72. The number of para-hydroxylation sites is 1. The Morgan fingerprint density at radius 3 is 2.64 bits per heavy atom. The van der Waals surface area contributed by atoms with Gasteiger partial charge in [0.1, 0.15) is 0 Å². The molecule has 2 aromatic carbocycles. The van der Waals surface area contributed by atoms with Crippen molar-refractivity contribution >= 4 is 22.7 Å². The first-order valence-electron chi connectivity index (χ1n) is 7.69. The SMILES string of the molecule is Cn1c(SCc2nnc(-c3ccccc3)o2)nc2ccccc2c1=O. The van der Waals surface area contributed by atoms with Crippen LogP contribution in [0, 0.1) is 0 Å². The van der Waals surface area contributed by atoms with Crippen molar-refractivity contribution in [2.24, 2.45) is 7.05 Å². The van der Waals surface area contributed by atoms with Crippen LogP contribution in [-0.4, -0.2) is 19.7 Å². The highest BCUT2D eigenvalue weighted by molar-refractivity contribution is 7.98. The van der Waals surface area contributed by atoms with Crippen molar-refractivity contribution in [1.82, 2.24) is 19.7 Å². The van der Waals surface area contributed by atoms with Gasteiger partial charge in [-0.1, -0.05) is 42.1 Å². The van der Waals surface area contributed by atoms with Gasteiger partial charge >= 0.3 is 0 Å². The molecule has 7 heteroatoms. The van der Waals surface area contributed by atoms with Crippen LogP contribution in [0.1, 0.15) is 5.89 Å². The van der Waals surface area contributed by atoms with Crippen LogP contribution in [0.2, 0.25) is 0 Å². The van der Waals surface area contributed by atoms with E-state index < -0.39 is 0 Å². The minimum absolute atomic E-state index is 0.0661. The van der Waals surface area contributed by atoms with Gasteiger partial charge in [0.2, 0.25) is 11.8 Å². The number of rotatable bonds is 4. The Morgan fingerprint density at radius 1 is 1.04 bits per heavy atom. The summed E-state index contributed by atoms with van der Waals surface area (Å²) in [5.74, 6) is 1.42. The maximum atomic E-state index is 12.4. The molecule has 2 aromatic heterocycles. The maximum Gasteiger partial charge on any atom is 0.261 e. The summed E-state index contributed by atoms with van der Waals surface area (Å²) in [6.45, 7) is 0. The van der Waals surface area contributed by atoms with E-state index in [9.17, 15) is 4.79 Å². The van der Waals surface area contributed by atoms with Crippen LogP contribution in [0.4, 0.5) is 0 Å². The van der Waals surface area contributed by atoms with Crippen molar-refractivity contribution in [3.05, 3.63) is 70.8 Å². The Bertz CT molecular complexity index is 1090. The van der Waals surface area contributed by atoms with Crippen molar-refractivity contribution in [2.45, 2.75) is 10.9 Å². The van der Waals surface area contributed by atoms with E-state index in [1.54, 1.807) is 17.7 Å². The van der Waals surface area contributed by atoms with Gasteiger partial charge in [-0.15, -0.1) is 10.2 Å². The Kier molecular flexibility index (Phi) is 4.07. The van der Waals surface area contributed by atoms with E-state index in [1.807, 2.05) is 48.5 Å². The summed E-state index contributed by atoms with van der Waals surface area (Å²) in [4.78, 5) is 17.0. The molecule has 0 atom stereocenters. The second-order valence-electron chi connectivity index (χ2n) is 5.43. The van der Waals surface area contributed by atoms with E-state index in [0.29, 0.717) is 33.6 Å². The number of benzene rings is 2. The predicted octanol–water partition coefficient (Wildman–Crippen LogP) is 3.28. The third-order valence-corrected chi connectivity index (χ3v) is 4.77. The zero-order valence-corrected chi connectivity index (χ0v) is 14.2. The van der Waals surface area contributed by atoms with Gasteiger partial charge in [-0.2, -0.15) is 0 Å². The van der Waals surface area contributed by atoms with Gasteiger partial charge in [0, 0.05) is 12.6 Å².